The summed E-state index contributed by atoms with van der Waals surface area (Å²) in [6.07, 6.45) is 1.70. The maximum Gasteiger partial charge on any atom is 0.0519 e. The summed E-state index contributed by atoms with van der Waals surface area (Å²) in [6.45, 7) is 14.2. The molecule has 0 saturated carbocycles. The number of rotatable bonds is 3. The summed E-state index contributed by atoms with van der Waals surface area (Å²) < 4.78 is 5.76. The van der Waals surface area contributed by atoms with E-state index in [0.717, 1.165) is 18.6 Å². The van der Waals surface area contributed by atoms with Gasteiger partial charge >= 0.3 is 0 Å². The van der Waals surface area contributed by atoms with Crippen LogP contribution < -0.4 is 0 Å². The molecular weight excluding hydrogens is 212 g/mol. The van der Waals surface area contributed by atoms with Crippen LogP contribution in [0.4, 0.5) is 0 Å². The lowest BCUT2D eigenvalue weighted by atomic mass is 10.00. The maximum atomic E-state index is 5.76. The van der Waals surface area contributed by atoms with Crippen LogP contribution in [0.1, 0.15) is 34.1 Å². The van der Waals surface area contributed by atoms with Gasteiger partial charge in [-0.15, -0.1) is 0 Å². The largest absolute Gasteiger partial charge is 0.378 e. The highest BCUT2D eigenvalue weighted by atomic mass is 16.5. The minimum atomic E-state index is 0.375. The van der Waals surface area contributed by atoms with Gasteiger partial charge in [-0.3, -0.25) is 4.90 Å². The normalized spacial score (nSPS) is 30.0. The van der Waals surface area contributed by atoms with Crippen LogP contribution in [0, 0.1) is 5.92 Å². The van der Waals surface area contributed by atoms with Gasteiger partial charge in [-0.05, 0) is 33.9 Å². The van der Waals surface area contributed by atoms with Crippen molar-refractivity contribution in [3.63, 3.8) is 0 Å². The van der Waals surface area contributed by atoms with E-state index in [0.29, 0.717) is 6.10 Å². The summed E-state index contributed by atoms with van der Waals surface area (Å²) in [5.74, 6) is 0.759. The van der Waals surface area contributed by atoms with E-state index in [-0.39, 0.29) is 0 Å². The number of nitrogens with zero attached hydrogens (tertiary/aromatic N) is 2. The molecule has 2 heterocycles. The lowest BCUT2D eigenvalue weighted by Crippen LogP contribution is -2.51. The second kappa shape index (κ2) is 7.34. The molecule has 2 rings (SSSR count). The molecule has 0 N–H and O–H groups in total. The van der Waals surface area contributed by atoms with Crippen molar-refractivity contribution in [3.8, 4) is 0 Å². The molecule has 0 radical (unpaired) electrons. The van der Waals surface area contributed by atoms with Crippen molar-refractivity contribution in [2.75, 3.05) is 39.8 Å². The maximum absolute atomic E-state index is 5.76. The molecule has 102 valence electrons. The first kappa shape index (κ1) is 14.9. The lowest BCUT2D eigenvalue weighted by molar-refractivity contribution is 0.0253. The van der Waals surface area contributed by atoms with Gasteiger partial charge in [0.25, 0.3) is 0 Å². The Morgan fingerprint density at radius 1 is 1.18 bits per heavy atom. The average molecular weight is 242 g/mol. The second-order valence-corrected chi connectivity index (χ2v) is 5.30. The third-order valence-corrected chi connectivity index (χ3v) is 3.71. The lowest BCUT2D eigenvalue weighted by Gasteiger charge is -2.37. The fourth-order valence-electron chi connectivity index (χ4n) is 2.75. The Kier molecular flexibility index (Phi) is 6.45. The summed E-state index contributed by atoms with van der Waals surface area (Å²) in [5.41, 5.74) is 0. The highest BCUT2D eigenvalue weighted by Gasteiger charge is 2.37. The Hall–Kier alpha value is -0.120. The van der Waals surface area contributed by atoms with E-state index < -0.39 is 0 Å². The van der Waals surface area contributed by atoms with Gasteiger partial charge in [0.15, 0.2) is 0 Å². The third kappa shape index (κ3) is 4.23. The molecule has 17 heavy (non-hydrogen) atoms. The minimum absolute atomic E-state index is 0.375. The molecule has 3 nitrogen and oxygen atoms in total. The molecule has 0 aromatic rings. The summed E-state index contributed by atoms with van der Waals surface area (Å²) in [4.78, 5) is 5.10. The Morgan fingerprint density at radius 3 is 2.53 bits per heavy atom. The van der Waals surface area contributed by atoms with Gasteiger partial charge in [0, 0.05) is 31.6 Å². The van der Waals surface area contributed by atoms with Crippen molar-refractivity contribution >= 4 is 0 Å². The van der Waals surface area contributed by atoms with Crippen LogP contribution in [-0.2, 0) is 4.74 Å². The van der Waals surface area contributed by atoms with E-state index in [1.54, 1.807) is 0 Å². The smallest absolute Gasteiger partial charge is 0.0519 e. The standard InChI is InChI=1S/C12H24N2O.C2H6/c1-10(2)15-9-11-4-5-14-7-6-13(3)8-12(11)14;1-2/h10-12H,4-9H2,1-3H3;1-2H3. The van der Waals surface area contributed by atoms with Crippen molar-refractivity contribution in [3.05, 3.63) is 0 Å². The quantitative estimate of drug-likeness (QED) is 0.753. The van der Waals surface area contributed by atoms with E-state index in [9.17, 15) is 0 Å². The zero-order valence-corrected chi connectivity index (χ0v) is 12.3. The summed E-state index contributed by atoms with van der Waals surface area (Å²) in [6, 6.07) is 0.752. The molecule has 2 aliphatic heterocycles. The van der Waals surface area contributed by atoms with E-state index >= 15 is 0 Å². The molecule has 2 fully saturated rings. The topological polar surface area (TPSA) is 15.7 Å². The van der Waals surface area contributed by atoms with Gasteiger partial charge in [-0.25, -0.2) is 0 Å². The molecule has 2 saturated heterocycles. The van der Waals surface area contributed by atoms with E-state index in [1.165, 1.54) is 32.6 Å². The predicted octanol–water partition coefficient (Wildman–Crippen LogP) is 2.07. The molecule has 0 aromatic carbocycles. The molecule has 2 aliphatic rings. The highest BCUT2D eigenvalue weighted by molar-refractivity contribution is 4.91. The van der Waals surface area contributed by atoms with E-state index in [4.69, 9.17) is 4.74 Å². The first-order valence-electron chi connectivity index (χ1n) is 7.21. The first-order chi connectivity index (χ1) is 8.16. The molecule has 0 bridgehead atoms. The Balaban J connectivity index is 0.000000686. The first-order valence-corrected chi connectivity index (χ1v) is 7.21. The van der Waals surface area contributed by atoms with Crippen LogP contribution in [0.5, 0.6) is 0 Å². The zero-order valence-electron chi connectivity index (χ0n) is 12.3. The van der Waals surface area contributed by atoms with Crippen LogP contribution in [0.2, 0.25) is 0 Å². The SMILES string of the molecule is CC.CC(C)OCC1CCN2CCN(C)CC12. The second-order valence-electron chi connectivity index (χ2n) is 5.30. The molecule has 0 aliphatic carbocycles. The fourth-order valence-corrected chi connectivity index (χ4v) is 2.75. The van der Waals surface area contributed by atoms with Gasteiger partial charge in [0.05, 0.1) is 12.7 Å². The van der Waals surface area contributed by atoms with Crippen molar-refractivity contribution in [2.45, 2.75) is 46.3 Å². The number of ether oxygens (including phenoxy) is 1. The van der Waals surface area contributed by atoms with Crippen LogP contribution in [-0.4, -0.2) is 61.8 Å². The van der Waals surface area contributed by atoms with Crippen LogP contribution >= 0.6 is 0 Å². The van der Waals surface area contributed by atoms with Gasteiger partial charge in [0.2, 0.25) is 0 Å². The molecule has 0 amide bonds. The van der Waals surface area contributed by atoms with Gasteiger partial charge in [-0.1, -0.05) is 13.8 Å². The number of fused-ring (bicyclic) bond motifs is 1. The van der Waals surface area contributed by atoms with Crippen molar-refractivity contribution in [1.82, 2.24) is 9.80 Å². The zero-order chi connectivity index (χ0) is 12.8. The Labute approximate surface area is 107 Å². The number of hydrogen-bond acceptors (Lipinski definition) is 3. The number of piperazine rings is 1. The van der Waals surface area contributed by atoms with Crippen LogP contribution in [0.3, 0.4) is 0 Å². The van der Waals surface area contributed by atoms with Gasteiger partial charge < -0.3 is 9.64 Å². The molecule has 0 aromatic heterocycles. The third-order valence-electron chi connectivity index (χ3n) is 3.71. The molecule has 2 atom stereocenters. The van der Waals surface area contributed by atoms with Crippen molar-refractivity contribution in [2.24, 2.45) is 5.92 Å². The van der Waals surface area contributed by atoms with Crippen LogP contribution in [0.15, 0.2) is 0 Å². The van der Waals surface area contributed by atoms with Crippen molar-refractivity contribution < 1.29 is 4.74 Å². The number of likely N-dealkylation sites (N-methyl/N-ethyl adjacent to an activating group) is 1. The summed E-state index contributed by atoms with van der Waals surface area (Å²) in [5, 5.41) is 0. The fraction of sp³-hybridized carbons (Fsp3) is 1.00. The molecular formula is C14H30N2O. The Morgan fingerprint density at radius 2 is 1.88 bits per heavy atom. The average Bonchev–Trinajstić information content (AvgIpc) is 2.71. The van der Waals surface area contributed by atoms with Crippen molar-refractivity contribution in [1.29, 1.82) is 0 Å². The summed E-state index contributed by atoms with van der Waals surface area (Å²) in [7, 11) is 2.23. The predicted molar refractivity (Wildman–Crippen MR) is 73.4 cm³/mol. The molecule has 2 unspecified atom stereocenters. The minimum Gasteiger partial charge on any atom is -0.378 e. The van der Waals surface area contributed by atoms with E-state index in [2.05, 4.69) is 30.7 Å². The van der Waals surface area contributed by atoms with Gasteiger partial charge in [-0.2, -0.15) is 0 Å². The molecule has 0 spiro atoms. The van der Waals surface area contributed by atoms with E-state index in [1.807, 2.05) is 13.8 Å². The number of hydrogen-bond donors (Lipinski definition) is 0. The highest BCUT2D eigenvalue weighted by Crippen LogP contribution is 2.27. The van der Waals surface area contributed by atoms with Crippen LogP contribution in [0.25, 0.3) is 0 Å². The molecule has 3 heteroatoms. The van der Waals surface area contributed by atoms with Gasteiger partial charge in [0.1, 0.15) is 0 Å². The Bertz CT molecular complexity index is 208. The monoisotopic (exact) mass is 242 g/mol. The summed E-state index contributed by atoms with van der Waals surface area (Å²) >= 11 is 0.